The Labute approximate surface area is 193 Å². The molecule has 0 aliphatic carbocycles. The van der Waals surface area contributed by atoms with E-state index in [2.05, 4.69) is 15.5 Å². The lowest BCUT2D eigenvalue weighted by Gasteiger charge is -2.38. The van der Waals surface area contributed by atoms with Crippen LogP contribution in [0.3, 0.4) is 0 Å². The number of sulfonamides is 1. The van der Waals surface area contributed by atoms with Crippen molar-refractivity contribution in [3.05, 3.63) is 35.5 Å². The third-order valence-corrected chi connectivity index (χ3v) is 7.84. The molecule has 176 valence electrons. The highest BCUT2D eigenvalue weighted by Gasteiger charge is 2.41. The van der Waals surface area contributed by atoms with Gasteiger partial charge >= 0.3 is 6.03 Å². The number of morpholine rings is 1. The van der Waals surface area contributed by atoms with E-state index in [1.807, 2.05) is 24.3 Å². The number of ether oxygens (including phenoxy) is 1. The number of aromatic nitrogens is 2. The fourth-order valence-corrected chi connectivity index (χ4v) is 5.65. The maximum absolute atomic E-state index is 12.3. The second kappa shape index (κ2) is 8.54. The lowest BCUT2D eigenvalue weighted by atomic mass is 10.0. The highest BCUT2D eigenvalue weighted by Crippen LogP contribution is 2.38. The van der Waals surface area contributed by atoms with Gasteiger partial charge in [-0.2, -0.15) is 4.31 Å². The van der Waals surface area contributed by atoms with E-state index in [0.29, 0.717) is 37.7 Å². The molecule has 33 heavy (non-hydrogen) atoms. The van der Waals surface area contributed by atoms with Gasteiger partial charge in [-0.15, -0.1) is 0 Å². The molecule has 1 aromatic heterocycles. The van der Waals surface area contributed by atoms with Crippen molar-refractivity contribution in [3.63, 3.8) is 0 Å². The number of benzene rings is 1. The van der Waals surface area contributed by atoms with Gasteiger partial charge in [0.25, 0.3) is 0 Å². The Hall–Kier alpha value is -2.76. The Kier molecular flexibility index (Phi) is 5.71. The van der Waals surface area contributed by atoms with Crippen LogP contribution in [0.15, 0.2) is 24.3 Å². The zero-order chi connectivity index (χ0) is 23.2. The zero-order valence-electron chi connectivity index (χ0n) is 18.7. The SMILES string of the molecule is CNC(=O)Nc1ccc(-c2nc3c(c(N4C5CCC4COC5)n2)CN(S(C)(=O)=O)CC3)cc1. The molecule has 0 saturated carbocycles. The average molecular weight is 473 g/mol. The summed E-state index contributed by atoms with van der Waals surface area (Å²) in [4.78, 5) is 23.7. The van der Waals surface area contributed by atoms with Crippen LogP contribution in [0.25, 0.3) is 11.4 Å². The molecule has 2 amide bonds. The fourth-order valence-electron chi connectivity index (χ4n) is 4.87. The van der Waals surface area contributed by atoms with Crippen molar-refractivity contribution in [1.82, 2.24) is 19.6 Å². The van der Waals surface area contributed by atoms with Gasteiger partial charge in [-0.25, -0.2) is 23.2 Å². The molecule has 1 aromatic carbocycles. The Bertz CT molecular complexity index is 1150. The van der Waals surface area contributed by atoms with Crippen LogP contribution >= 0.6 is 0 Å². The molecule has 5 rings (SSSR count). The van der Waals surface area contributed by atoms with Crippen LogP contribution in [0.1, 0.15) is 24.1 Å². The first-order valence-corrected chi connectivity index (χ1v) is 13.0. The molecule has 0 spiro atoms. The molecular weight excluding hydrogens is 444 g/mol. The predicted molar refractivity (Wildman–Crippen MR) is 125 cm³/mol. The van der Waals surface area contributed by atoms with Gasteiger partial charge in [-0.3, -0.25) is 0 Å². The standard InChI is InChI=1S/C22H28N6O4S/c1-23-22(29)24-15-5-3-14(4-6-15)20-25-19-9-10-27(33(2,30)31)11-18(19)21(26-20)28-16-7-8-17(28)13-32-12-16/h3-6,16-17H,7-13H2,1-2H3,(H2,23,24,29). The molecule has 2 saturated heterocycles. The number of rotatable bonds is 4. The fraction of sp³-hybridized carbons (Fsp3) is 0.500. The molecule has 2 aromatic rings. The summed E-state index contributed by atoms with van der Waals surface area (Å²) in [5.41, 5.74) is 3.31. The number of urea groups is 1. The number of amides is 2. The topological polar surface area (TPSA) is 117 Å². The van der Waals surface area contributed by atoms with Crippen LogP contribution in [0, 0.1) is 0 Å². The quantitative estimate of drug-likeness (QED) is 0.694. The number of nitrogens with zero attached hydrogens (tertiary/aromatic N) is 4. The lowest BCUT2D eigenvalue weighted by Crippen LogP contribution is -2.48. The van der Waals surface area contributed by atoms with Crippen LogP contribution in [0.2, 0.25) is 0 Å². The first-order chi connectivity index (χ1) is 15.8. The maximum Gasteiger partial charge on any atom is 0.318 e. The van der Waals surface area contributed by atoms with Gasteiger partial charge in [0.15, 0.2) is 5.82 Å². The minimum atomic E-state index is -3.31. The van der Waals surface area contributed by atoms with Crippen molar-refractivity contribution in [2.24, 2.45) is 0 Å². The van der Waals surface area contributed by atoms with E-state index in [9.17, 15) is 13.2 Å². The van der Waals surface area contributed by atoms with Gasteiger partial charge in [0.2, 0.25) is 10.0 Å². The van der Waals surface area contributed by atoms with E-state index < -0.39 is 10.0 Å². The predicted octanol–water partition coefficient (Wildman–Crippen LogP) is 1.58. The smallest absolute Gasteiger partial charge is 0.318 e. The summed E-state index contributed by atoms with van der Waals surface area (Å²) in [5, 5.41) is 5.28. The lowest BCUT2D eigenvalue weighted by molar-refractivity contribution is 0.0900. The van der Waals surface area contributed by atoms with E-state index in [1.54, 1.807) is 7.05 Å². The molecule has 4 heterocycles. The molecule has 2 bridgehead atoms. The Morgan fingerprint density at radius 3 is 2.45 bits per heavy atom. The van der Waals surface area contributed by atoms with Crippen molar-refractivity contribution in [3.8, 4) is 11.4 Å². The van der Waals surface area contributed by atoms with Crippen molar-refractivity contribution in [1.29, 1.82) is 0 Å². The minimum Gasteiger partial charge on any atom is -0.377 e. The highest BCUT2D eigenvalue weighted by molar-refractivity contribution is 7.88. The van der Waals surface area contributed by atoms with Gasteiger partial charge in [0, 0.05) is 43.4 Å². The number of nitrogens with one attached hydrogen (secondary N) is 2. The number of hydrogen-bond donors (Lipinski definition) is 2. The third-order valence-electron chi connectivity index (χ3n) is 6.59. The van der Waals surface area contributed by atoms with Crippen molar-refractivity contribution in [2.75, 3.05) is 43.3 Å². The summed E-state index contributed by atoms with van der Waals surface area (Å²) in [6.07, 6.45) is 3.86. The summed E-state index contributed by atoms with van der Waals surface area (Å²) in [5.74, 6) is 1.43. The van der Waals surface area contributed by atoms with Crippen molar-refractivity contribution < 1.29 is 17.9 Å². The van der Waals surface area contributed by atoms with E-state index in [-0.39, 0.29) is 24.7 Å². The van der Waals surface area contributed by atoms with Gasteiger partial charge in [0.05, 0.1) is 37.2 Å². The second-order valence-electron chi connectivity index (χ2n) is 8.75. The van der Waals surface area contributed by atoms with Crippen LogP contribution in [-0.4, -0.2) is 73.9 Å². The number of carbonyl (C=O) groups is 1. The number of hydrogen-bond acceptors (Lipinski definition) is 7. The average Bonchev–Trinajstić information content (AvgIpc) is 3.05. The van der Waals surface area contributed by atoms with Crippen LogP contribution < -0.4 is 15.5 Å². The minimum absolute atomic E-state index is 0.239. The number of fused-ring (bicyclic) bond motifs is 3. The molecule has 11 heteroatoms. The van der Waals surface area contributed by atoms with Crippen molar-refractivity contribution >= 4 is 27.6 Å². The number of anilines is 2. The summed E-state index contributed by atoms with van der Waals surface area (Å²) < 4.78 is 31.8. The summed E-state index contributed by atoms with van der Waals surface area (Å²) in [6.45, 7) is 2.00. The molecule has 2 fully saturated rings. The van der Waals surface area contributed by atoms with Crippen LogP contribution in [0.4, 0.5) is 16.3 Å². The van der Waals surface area contributed by atoms with E-state index in [4.69, 9.17) is 14.7 Å². The van der Waals surface area contributed by atoms with Crippen LogP contribution in [0.5, 0.6) is 0 Å². The van der Waals surface area contributed by atoms with Gasteiger partial charge in [0.1, 0.15) is 5.82 Å². The molecular formula is C22H28N6O4S. The van der Waals surface area contributed by atoms with Crippen molar-refractivity contribution in [2.45, 2.75) is 37.9 Å². The van der Waals surface area contributed by atoms with Crippen LogP contribution in [-0.2, 0) is 27.7 Å². The maximum atomic E-state index is 12.3. The molecule has 2 atom stereocenters. The molecule has 0 radical (unpaired) electrons. The molecule has 2 unspecified atom stereocenters. The summed E-state index contributed by atoms with van der Waals surface area (Å²) in [6, 6.07) is 7.60. The third kappa shape index (κ3) is 4.28. The molecule has 3 aliphatic heterocycles. The van der Waals surface area contributed by atoms with Gasteiger partial charge in [-0.1, -0.05) is 0 Å². The first-order valence-electron chi connectivity index (χ1n) is 11.1. The van der Waals surface area contributed by atoms with E-state index >= 15 is 0 Å². The van der Waals surface area contributed by atoms with Gasteiger partial charge < -0.3 is 20.3 Å². The molecule has 3 aliphatic rings. The highest BCUT2D eigenvalue weighted by atomic mass is 32.2. The zero-order valence-corrected chi connectivity index (χ0v) is 19.6. The van der Waals surface area contributed by atoms with Gasteiger partial charge in [-0.05, 0) is 37.1 Å². The normalized spacial score (nSPS) is 22.7. The van der Waals surface area contributed by atoms with E-state index in [0.717, 1.165) is 35.5 Å². The van der Waals surface area contributed by atoms with E-state index in [1.165, 1.54) is 10.6 Å². The number of carbonyl (C=O) groups excluding carboxylic acids is 1. The largest absolute Gasteiger partial charge is 0.377 e. The Balaban J connectivity index is 1.55. The molecule has 10 nitrogen and oxygen atoms in total. The second-order valence-corrected chi connectivity index (χ2v) is 10.7. The first kappa shape index (κ1) is 22.1. The molecule has 2 N–H and O–H groups in total. The summed E-state index contributed by atoms with van der Waals surface area (Å²) in [7, 11) is -1.75. The Morgan fingerprint density at radius 2 is 1.82 bits per heavy atom. The summed E-state index contributed by atoms with van der Waals surface area (Å²) >= 11 is 0. The monoisotopic (exact) mass is 472 g/mol. The Morgan fingerprint density at radius 1 is 1.12 bits per heavy atom.